The molecule has 1 aliphatic rings. The molecule has 1 N–H and O–H groups in total. The first-order valence-electron chi connectivity index (χ1n) is 12.4. The van der Waals surface area contributed by atoms with Crippen LogP contribution >= 0.6 is 0 Å². The normalized spacial score (nSPS) is 16.1. The first-order chi connectivity index (χ1) is 17.5. The van der Waals surface area contributed by atoms with Gasteiger partial charge in [-0.2, -0.15) is 0 Å². The third-order valence-corrected chi connectivity index (χ3v) is 6.45. The summed E-state index contributed by atoms with van der Waals surface area (Å²) in [5.41, 5.74) is 2.61. The van der Waals surface area contributed by atoms with E-state index in [2.05, 4.69) is 5.32 Å². The fraction of sp³-hybridized carbons (Fsp3) is 0.333. The van der Waals surface area contributed by atoms with E-state index in [9.17, 15) is 18.4 Å². The van der Waals surface area contributed by atoms with E-state index < -0.39 is 17.6 Å². The van der Waals surface area contributed by atoms with E-state index >= 15 is 0 Å². The summed E-state index contributed by atoms with van der Waals surface area (Å²) in [6.07, 6.45) is -0.150. The Balaban J connectivity index is 1.58. The SMILES string of the molecule is C[C@@H](Oc1ccc2c(c1)[C@@H](c1cccc(F)c1)N(C(=O)C(C)(C)C)CC2)C(=O)NCc1cccc(F)c1. The minimum atomic E-state index is -0.810. The highest BCUT2D eigenvalue weighted by atomic mass is 19.1. The summed E-state index contributed by atoms with van der Waals surface area (Å²) in [5, 5.41) is 2.76. The van der Waals surface area contributed by atoms with Gasteiger partial charge in [-0.3, -0.25) is 9.59 Å². The Morgan fingerprint density at radius 2 is 1.73 bits per heavy atom. The van der Waals surface area contributed by atoms with E-state index in [0.29, 0.717) is 29.8 Å². The van der Waals surface area contributed by atoms with Crippen molar-refractivity contribution in [1.82, 2.24) is 10.2 Å². The van der Waals surface area contributed by atoms with E-state index in [0.717, 1.165) is 11.1 Å². The van der Waals surface area contributed by atoms with Crippen molar-refractivity contribution in [3.05, 3.63) is 101 Å². The molecular formula is C30H32F2N2O3. The number of carbonyl (C=O) groups excluding carboxylic acids is 2. The van der Waals surface area contributed by atoms with Gasteiger partial charge >= 0.3 is 0 Å². The number of amides is 2. The zero-order valence-corrected chi connectivity index (χ0v) is 21.6. The Labute approximate surface area is 216 Å². The van der Waals surface area contributed by atoms with Gasteiger partial charge in [0, 0.05) is 18.5 Å². The average Bonchev–Trinajstić information content (AvgIpc) is 2.85. The lowest BCUT2D eigenvalue weighted by molar-refractivity contribution is -0.141. The topological polar surface area (TPSA) is 58.6 Å². The quantitative estimate of drug-likeness (QED) is 0.476. The van der Waals surface area contributed by atoms with Crippen molar-refractivity contribution in [3.63, 3.8) is 0 Å². The molecule has 2 amide bonds. The second kappa shape index (κ2) is 10.7. The summed E-state index contributed by atoms with van der Waals surface area (Å²) in [6.45, 7) is 7.95. The fourth-order valence-electron chi connectivity index (χ4n) is 4.59. The Bertz CT molecular complexity index is 1300. The predicted molar refractivity (Wildman–Crippen MR) is 138 cm³/mol. The molecule has 0 unspecified atom stereocenters. The molecular weight excluding hydrogens is 474 g/mol. The number of fused-ring (bicyclic) bond motifs is 1. The van der Waals surface area contributed by atoms with Crippen molar-refractivity contribution in [3.8, 4) is 5.75 Å². The monoisotopic (exact) mass is 506 g/mol. The maximum absolute atomic E-state index is 14.2. The third-order valence-electron chi connectivity index (χ3n) is 6.45. The van der Waals surface area contributed by atoms with Gasteiger partial charge in [-0.1, -0.05) is 51.1 Å². The van der Waals surface area contributed by atoms with Crippen molar-refractivity contribution in [2.24, 2.45) is 5.41 Å². The Morgan fingerprint density at radius 1 is 1.03 bits per heavy atom. The summed E-state index contributed by atoms with van der Waals surface area (Å²) >= 11 is 0. The lowest BCUT2D eigenvalue weighted by Gasteiger charge is -2.41. The molecule has 0 saturated carbocycles. The molecule has 1 aliphatic heterocycles. The van der Waals surface area contributed by atoms with Crippen LogP contribution in [0.2, 0.25) is 0 Å². The molecule has 7 heteroatoms. The first kappa shape index (κ1) is 26.3. The lowest BCUT2D eigenvalue weighted by Crippen LogP contribution is -2.45. The number of carbonyl (C=O) groups is 2. The van der Waals surface area contributed by atoms with Gasteiger partial charge in [0.2, 0.25) is 5.91 Å². The molecule has 3 aromatic carbocycles. The smallest absolute Gasteiger partial charge is 0.261 e. The number of hydrogen-bond donors (Lipinski definition) is 1. The van der Waals surface area contributed by atoms with Gasteiger partial charge in [0.15, 0.2) is 6.10 Å². The standard InChI is InChI=1S/C30H32F2N2O3/c1-19(28(35)33-18-20-7-5-9-23(31)15-20)37-25-12-11-21-13-14-34(29(36)30(2,3)4)27(26(21)17-25)22-8-6-10-24(32)16-22/h5-12,15-17,19,27H,13-14,18H2,1-4H3,(H,33,35)/t19-,27-/m1/s1. The van der Waals surface area contributed by atoms with Crippen molar-refractivity contribution in [2.45, 2.75) is 52.8 Å². The van der Waals surface area contributed by atoms with Crippen LogP contribution in [-0.2, 0) is 22.6 Å². The van der Waals surface area contributed by atoms with E-state index in [1.54, 1.807) is 36.1 Å². The minimum absolute atomic E-state index is 0.0242. The number of nitrogens with one attached hydrogen (secondary N) is 1. The molecule has 0 radical (unpaired) electrons. The van der Waals surface area contributed by atoms with Crippen LogP contribution in [-0.4, -0.2) is 29.4 Å². The van der Waals surface area contributed by atoms with Gasteiger partial charge < -0.3 is 15.0 Å². The molecule has 0 bridgehead atoms. The van der Waals surface area contributed by atoms with Crippen molar-refractivity contribution in [2.75, 3.05) is 6.54 Å². The van der Waals surface area contributed by atoms with Crippen LogP contribution in [0.15, 0.2) is 66.7 Å². The van der Waals surface area contributed by atoms with E-state index in [-0.39, 0.29) is 30.0 Å². The van der Waals surface area contributed by atoms with Crippen LogP contribution in [0.1, 0.15) is 56.0 Å². The molecule has 37 heavy (non-hydrogen) atoms. The Hall–Kier alpha value is -3.74. The zero-order valence-electron chi connectivity index (χ0n) is 21.6. The molecule has 5 nitrogen and oxygen atoms in total. The highest BCUT2D eigenvalue weighted by Gasteiger charge is 2.37. The molecule has 0 spiro atoms. The van der Waals surface area contributed by atoms with Gasteiger partial charge in [-0.15, -0.1) is 0 Å². The zero-order chi connectivity index (χ0) is 26.7. The molecule has 4 rings (SSSR count). The highest BCUT2D eigenvalue weighted by Crippen LogP contribution is 2.39. The fourth-order valence-corrected chi connectivity index (χ4v) is 4.59. The van der Waals surface area contributed by atoms with E-state index in [4.69, 9.17) is 4.74 Å². The Morgan fingerprint density at radius 3 is 2.41 bits per heavy atom. The van der Waals surface area contributed by atoms with Gasteiger partial charge in [0.05, 0.1) is 6.04 Å². The molecule has 0 aromatic heterocycles. The van der Waals surface area contributed by atoms with Crippen LogP contribution in [0.3, 0.4) is 0 Å². The first-order valence-corrected chi connectivity index (χ1v) is 12.4. The van der Waals surface area contributed by atoms with Crippen LogP contribution in [0.4, 0.5) is 8.78 Å². The summed E-state index contributed by atoms with van der Waals surface area (Å²) in [5.74, 6) is -0.628. The van der Waals surface area contributed by atoms with Crippen molar-refractivity contribution >= 4 is 11.8 Å². The summed E-state index contributed by atoms with van der Waals surface area (Å²) in [6, 6.07) is 17.4. The number of nitrogens with zero attached hydrogens (tertiary/aromatic N) is 1. The molecule has 1 heterocycles. The predicted octanol–water partition coefficient (Wildman–Crippen LogP) is 5.57. The van der Waals surface area contributed by atoms with Crippen LogP contribution < -0.4 is 10.1 Å². The van der Waals surface area contributed by atoms with Crippen LogP contribution in [0, 0.1) is 17.0 Å². The number of ether oxygens (including phenoxy) is 1. The van der Waals surface area contributed by atoms with E-state index in [1.165, 1.54) is 24.3 Å². The number of hydrogen-bond acceptors (Lipinski definition) is 3. The van der Waals surface area contributed by atoms with Gasteiger partial charge in [-0.05, 0) is 72.0 Å². The van der Waals surface area contributed by atoms with Crippen LogP contribution in [0.5, 0.6) is 5.75 Å². The minimum Gasteiger partial charge on any atom is -0.481 e. The summed E-state index contributed by atoms with van der Waals surface area (Å²) < 4.78 is 33.6. The average molecular weight is 507 g/mol. The molecule has 3 aromatic rings. The maximum Gasteiger partial charge on any atom is 0.261 e. The second-order valence-corrected chi connectivity index (χ2v) is 10.4. The van der Waals surface area contributed by atoms with Crippen LogP contribution in [0.25, 0.3) is 0 Å². The molecule has 0 aliphatic carbocycles. The largest absolute Gasteiger partial charge is 0.481 e. The van der Waals surface area contributed by atoms with Gasteiger partial charge in [0.1, 0.15) is 17.4 Å². The molecule has 194 valence electrons. The highest BCUT2D eigenvalue weighted by molar-refractivity contribution is 5.83. The summed E-state index contributed by atoms with van der Waals surface area (Å²) in [4.78, 5) is 27.8. The number of halogens is 2. The van der Waals surface area contributed by atoms with Crippen molar-refractivity contribution in [1.29, 1.82) is 0 Å². The van der Waals surface area contributed by atoms with Gasteiger partial charge in [0.25, 0.3) is 5.91 Å². The molecule has 0 saturated heterocycles. The Kier molecular flexibility index (Phi) is 7.62. The maximum atomic E-state index is 14.2. The van der Waals surface area contributed by atoms with Gasteiger partial charge in [-0.25, -0.2) is 8.78 Å². The second-order valence-electron chi connectivity index (χ2n) is 10.4. The van der Waals surface area contributed by atoms with Crippen molar-refractivity contribution < 1.29 is 23.1 Å². The number of rotatable bonds is 6. The third kappa shape index (κ3) is 6.16. The lowest BCUT2D eigenvalue weighted by atomic mass is 9.85. The molecule has 0 fully saturated rings. The number of benzene rings is 3. The summed E-state index contributed by atoms with van der Waals surface area (Å²) in [7, 11) is 0. The van der Waals surface area contributed by atoms with E-state index in [1.807, 2.05) is 39.0 Å². The molecule has 2 atom stereocenters.